The number of halogens is 1. The highest BCUT2D eigenvalue weighted by Crippen LogP contribution is 2.40. The number of nitrogens with one attached hydrogen (secondary N) is 1. The molecule has 3 N–H and O–H groups in total. The van der Waals surface area contributed by atoms with Crippen LogP contribution in [0.1, 0.15) is 36.6 Å². The molecule has 2 aromatic heterocycles. The molecule has 0 spiro atoms. The van der Waals surface area contributed by atoms with E-state index in [2.05, 4.69) is 14.9 Å². The number of carbonyl (C=O) groups excluding carboxylic acids is 3. The van der Waals surface area contributed by atoms with Crippen molar-refractivity contribution >= 4 is 45.3 Å². The Labute approximate surface area is 240 Å². The number of nitrogens with two attached hydrogens (primary N) is 1. The van der Waals surface area contributed by atoms with Crippen molar-refractivity contribution in [2.45, 2.75) is 6.54 Å². The van der Waals surface area contributed by atoms with E-state index in [1.807, 2.05) is 30.1 Å². The lowest BCUT2D eigenvalue weighted by atomic mass is 9.96. The summed E-state index contributed by atoms with van der Waals surface area (Å²) in [4.78, 5) is 51.6. The Morgan fingerprint density at radius 2 is 1.74 bits per heavy atom. The average Bonchev–Trinajstić information content (AvgIpc) is 3.54. The van der Waals surface area contributed by atoms with Gasteiger partial charge >= 0.3 is 0 Å². The minimum Gasteiger partial charge on any atom is -0.366 e. The summed E-state index contributed by atoms with van der Waals surface area (Å²) in [5.41, 5.74) is 9.62. The van der Waals surface area contributed by atoms with Crippen molar-refractivity contribution in [1.29, 1.82) is 0 Å². The first kappa shape index (κ1) is 25.8. The minimum absolute atomic E-state index is 0.0688. The van der Waals surface area contributed by atoms with E-state index in [9.17, 15) is 14.4 Å². The highest BCUT2D eigenvalue weighted by molar-refractivity contribution is 6.20. The van der Waals surface area contributed by atoms with Crippen LogP contribution in [0.25, 0.3) is 32.9 Å². The first-order chi connectivity index (χ1) is 20.3. The van der Waals surface area contributed by atoms with Crippen LogP contribution < -0.4 is 10.6 Å². The lowest BCUT2D eigenvalue weighted by Gasteiger charge is -2.32. The van der Waals surface area contributed by atoms with Crippen LogP contribution in [0.15, 0.2) is 66.9 Å². The van der Waals surface area contributed by atoms with E-state index in [4.69, 9.17) is 5.73 Å². The molecule has 0 atom stereocenters. The maximum absolute atomic E-state index is 16.3. The number of primary amides is 1. The average molecular weight is 563 g/mol. The maximum atomic E-state index is 16.3. The SMILES string of the molecule is CN1CCN(C(=O)c2ccc3c(c2)[nH]c2c(C(N)=O)ccc(-c4ccnc(N5Cc6ccccc6C5=O)c4F)c23)CC1. The van der Waals surface area contributed by atoms with Gasteiger partial charge in [0.2, 0.25) is 0 Å². The van der Waals surface area contributed by atoms with Crippen LogP contribution in [0, 0.1) is 5.82 Å². The molecule has 0 bridgehead atoms. The standard InChI is InChI=1S/C32H27FN6O3/c1-37-12-14-38(15-13-37)31(41)18-6-7-23-25(16-18)36-28-24(29(34)40)9-8-21(26(23)28)22-10-11-35-30(27(22)33)39-17-19-4-2-3-5-20(19)32(39)42/h2-11,16,36H,12-15,17H2,1H3,(H2,34,40). The van der Waals surface area contributed by atoms with Crippen LogP contribution in [-0.2, 0) is 6.54 Å². The van der Waals surface area contributed by atoms with Crippen molar-refractivity contribution in [2.75, 3.05) is 38.1 Å². The van der Waals surface area contributed by atoms with Gasteiger partial charge in [0.25, 0.3) is 17.7 Å². The van der Waals surface area contributed by atoms with Gasteiger partial charge in [0.1, 0.15) is 0 Å². The summed E-state index contributed by atoms with van der Waals surface area (Å²) in [5.74, 6) is -1.74. The molecule has 3 amide bonds. The number of H-pyrrole nitrogens is 1. The highest BCUT2D eigenvalue weighted by Gasteiger charge is 2.32. The Morgan fingerprint density at radius 1 is 0.952 bits per heavy atom. The molecule has 0 saturated carbocycles. The summed E-state index contributed by atoms with van der Waals surface area (Å²) in [6.45, 7) is 3.12. The molecule has 7 rings (SSSR count). The fourth-order valence-electron chi connectivity index (χ4n) is 6.02. The van der Waals surface area contributed by atoms with E-state index in [1.165, 1.54) is 11.1 Å². The minimum atomic E-state index is -0.650. The Hall–Kier alpha value is -5.09. The van der Waals surface area contributed by atoms with Crippen molar-refractivity contribution in [3.8, 4) is 11.1 Å². The molecule has 210 valence electrons. The topological polar surface area (TPSA) is 116 Å². The first-order valence-electron chi connectivity index (χ1n) is 13.7. The van der Waals surface area contributed by atoms with Crippen LogP contribution >= 0.6 is 0 Å². The summed E-state index contributed by atoms with van der Waals surface area (Å²) in [7, 11) is 2.03. The zero-order valence-corrected chi connectivity index (χ0v) is 22.9. The van der Waals surface area contributed by atoms with Gasteiger partial charge < -0.3 is 20.5 Å². The van der Waals surface area contributed by atoms with E-state index in [1.54, 1.807) is 42.5 Å². The van der Waals surface area contributed by atoms with Crippen LogP contribution in [0.2, 0.25) is 0 Å². The molecular formula is C32H27FN6O3. The summed E-state index contributed by atoms with van der Waals surface area (Å²) < 4.78 is 16.3. The normalized spacial score (nSPS) is 15.5. The van der Waals surface area contributed by atoms with Gasteiger partial charge in [-0.15, -0.1) is 0 Å². The molecule has 9 nitrogen and oxygen atoms in total. The number of aromatic amines is 1. The zero-order chi connectivity index (χ0) is 29.1. The third-order valence-corrected chi connectivity index (χ3v) is 8.29. The quantitative estimate of drug-likeness (QED) is 0.341. The summed E-state index contributed by atoms with van der Waals surface area (Å²) in [5, 5.41) is 1.30. The van der Waals surface area contributed by atoms with Crippen molar-refractivity contribution < 1.29 is 18.8 Å². The summed E-state index contributed by atoms with van der Waals surface area (Å²) >= 11 is 0. The number of benzene rings is 3. The number of anilines is 1. The number of amides is 3. The second-order valence-electron chi connectivity index (χ2n) is 10.8. The molecule has 2 aliphatic rings. The molecule has 1 saturated heterocycles. The second-order valence-corrected chi connectivity index (χ2v) is 10.8. The van der Waals surface area contributed by atoms with Crippen molar-refractivity contribution in [3.05, 3.63) is 94.9 Å². The zero-order valence-electron chi connectivity index (χ0n) is 22.9. The second kappa shape index (κ2) is 9.78. The van der Waals surface area contributed by atoms with Crippen molar-refractivity contribution in [3.63, 3.8) is 0 Å². The third kappa shape index (κ3) is 4.02. The van der Waals surface area contributed by atoms with Gasteiger partial charge in [-0.2, -0.15) is 0 Å². The van der Waals surface area contributed by atoms with Gasteiger partial charge in [-0.1, -0.05) is 30.3 Å². The fraction of sp³-hybridized carbons (Fsp3) is 0.188. The van der Waals surface area contributed by atoms with Crippen molar-refractivity contribution in [1.82, 2.24) is 19.8 Å². The van der Waals surface area contributed by atoms with Gasteiger partial charge in [-0.3, -0.25) is 19.3 Å². The van der Waals surface area contributed by atoms with E-state index in [0.717, 1.165) is 18.7 Å². The molecule has 42 heavy (non-hydrogen) atoms. The monoisotopic (exact) mass is 562 g/mol. The smallest absolute Gasteiger partial charge is 0.260 e. The summed E-state index contributed by atoms with van der Waals surface area (Å²) in [6, 6.07) is 17.3. The fourth-order valence-corrected chi connectivity index (χ4v) is 6.02. The molecule has 3 aromatic carbocycles. The maximum Gasteiger partial charge on any atom is 0.260 e. The Morgan fingerprint density at radius 3 is 2.50 bits per heavy atom. The van der Waals surface area contributed by atoms with Gasteiger partial charge in [-0.25, -0.2) is 9.37 Å². The number of nitrogens with zero attached hydrogens (tertiary/aromatic N) is 4. The molecule has 0 aliphatic carbocycles. The van der Waals surface area contributed by atoms with Gasteiger partial charge in [-0.05, 0) is 48.5 Å². The van der Waals surface area contributed by atoms with Crippen LogP contribution in [0.4, 0.5) is 10.2 Å². The number of rotatable bonds is 4. The van der Waals surface area contributed by atoms with Crippen LogP contribution in [0.3, 0.4) is 0 Å². The number of hydrogen-bond acceptors (Lipinski definition) is 5. The lowest BCUT2D eigenvalue weighted by Crippen LogP contribution is -2.47. The number of hydrogen-bond donors (Lipinski definition) is 2. The van der Waals surface area contributed by atoms with E-state index in [-0.39, 0.29) is 35.3 Å². The number of aromatic nitrogens is 2. The number of piperazine rings is 1. The largest absolute Gasteiger partial charge is 0.366 e. The van der Waals surface area contributed by atoms with Gasteiger partial charge in [0.05, 0.1) is 17.6 Å². The number of carbonyl (C=O) groups is 3. The Kier molecular flexibility index (Phi) is 6.02. The van der Waals surface area contributed by atoms with E-state index >= 15 is 4.39 Å². The molecule has 10 heteroatoms. The van der Waals surface area contributed by atoms with E-state index in [0.29, 0.717) is 51.6 Å². The van der Waals surface area contributed by atoms with Gasteiger partial charge in [0.15, 0.2) is 11.6 Å². The van der Waals surface area contributed by atoms with Crippen LogP contribution in [0.5, 0.6) is 0 Å². The molecule has 1 fully saturated rings. The Balaban J connectivity index is 1.35. The third-order valence-electron chi connectivity index (χ3n) is 8.29. The molecule has 0 unspecified atom stereocenters. The Bertz CT molecular complexity index is 1940. The van der Waals surface area contributed by atoms with E-state index < -0.39 is 11.7 Å². The molecule has 2 aliphatic heterocycles. The van der Waals surface area contributed by atoms with Crippen LogP contribution in [-0.4, -0.2) is 70.7 Å². The molecule has 0 radical (unpaired) electrons. The lowest BCUT2D eigenvalue weighted by molar-refractivity contribution is 0.0664. The number of fused-ring (bicyclic) bond motifs is 4. The highest BCUT2D eigenvalue weighted by atomic mass is 19.1. The predicted octanol–water partition coefficient (Wildman–Crippen LogP) is 4.17. The number of likely N-dealkylation sites (N-methyl/N-ethyl adjacent to an activating group) is 1. The first-order valence-corrected chi connectivity index (χ1v) is 13.7. The molecule has 4 heterocycles. The van der Waals surface area contributed by atoms with Crippen molar-refractivity contribution in [2.24, 2.45) is 5.73 Å². The molecule has 5 aromatic rings. The van der Waals surface area contributed by atoms with Gasteiger partial charge in [0, 0.05) is 65.4 Å². The summed E-state index contributed by atoms with van der Waals surface area (Å²) in [6.07, 6.45) is 1.47. The molecular weight excluding hydrogens is 535 g/mol. The predicted molar refractivity (Wildman–Crippen MR) is 158 cm³/mol. The number of pyridine rings is 1.